The highest BCUT2D eigenvalue weighted by atomic mass is 79.9. The minimum absolute atomic E-state index is 0.385. The minimum Gasteiger partial charge on any atom is -0.378 e. The second-order valence-electron chi connectivity index (χ2n) is 4.50. The molecular weight excluding hydrogens is 302 g/mol. The molecule has 1 N–H and O–H groups in total. The Bertz CT molecular complexity index is 386. The van der Waals surface area contributed by atoms with Crippen molar-refractivity contribution >= 4 is 27.5 Å². The predicted octanol–water partition coefficient (Wildman–Crippen LogP) is 3.62. The SMILES string of the molecule is CC1OCCC1CNCc1ccc(Br)c(Cl)c1. The molecule has 2 nitrogen and oxygen atoms in total. The van der Waals surface area contributed by atoms with E-state index >= 15 is 0 Å². The third kappa shape index (κ3) is 3.68. The summed E-state index contributed by atoms with van der Waals surface area (Å²) in [5.41, 5.74) is 1.21. The van der Waals surface area contributed by atoms with Gasteiger partial charge in [0.2, 0.25) is 0 Å². The predicted molar refractivity (Wildman–Crippen MR) is 74.4 cm³/mol. The normalized spacial score (nSPS) is 24.2. The molecule has 0 bridgehead atoms. The van der Waals surface area contributed by atoms with Crippen molar-refractivity contribution in [3.63, 3.8) is 0 Å². The zero-order valence-electron chi connectivity index (χ0n) is 9.88. The Kier molecular flexibility index (Phi) is 4.86. The fourth-order valence-electron chi connectivity index (χ4n) is 2.10. The van der Waals surface area contributed by atoms with Gasteiger partial charge in [0.1, 0.15) is 0 Å². The van der Waals surface area contributed by atoms with Crippen molar-refractivity contribution in [2.45, 2.75) is 26.0 Å². The Balaban J connectivity index is 1.79. The highest BCUT2D eigenvalue weighted by Gasteiger charge is 2.23. The van der Waals surface area contributed by atoms with Crippen LogP contribution in [-0.2, 0) is 11.3 Å². The maximum absolute atomic E-state index is 6.05. The van der Waals surface area contributed by atoms with E-state index in [9.17, 15) is 0 Å². The van der Waals surface area contributed by atoms with Crippen molar-refractivity contribution in [1.82, 2.24) is 5.32 Å². The van der Waals surface area contributed by atoms with Gasteiger partial charge < -0.3 is 10.1 Å². The summed E-state index contributed by atoms with van der Waals surface area (Å²) < 4.78 is 6.48. The second kappa shape index (κ2) is 6.19. The van der Waals surface area contributed by atoms with Gasteiger partial charge in [0.05, 0.1) is 11.1 Å². The number of nitrogens with one attached hydrogen (secondary N) is 1. The van der Waals surface area contributed by atoms with Gasteiger partial charge in [-0.1, -0.05) is 17.7 Å². The molecule has 1 aromatic carbocycles. The van der Waals surface area contributed by atoms with Crippen LogP contribution in [0.3, 0.4) is 0 Å². The molecule has 1 fully saturated rings. The number of rotatable bonds is 4. The highest BCUT2D eigenvalue weighted by Crippen LogP contribution is 2.23. The minimum atomic E-state index is 0.385. The van der Waals surface area contributed by atoms with Crippen LogP contribution in [0.5, 0.6) is 0 Å². The van der Waals surface area contributed by atoms with Crippen LogP contribution in [0.1, 0.15) is 18.9 Å². The molecule has 0 aromatic heterocycles. The number of ether oxygens (including phenoxy) is 1. The molecule has 1 aromatic rings. The van der Waals surface area contributed by atoms with Crippen molar-refractivity contribution in [2.75, 3.05) is 13.2 Å². The van der Waals surface area contributed by atoms with Crippen molar-refractivity contribution in [1.29, 1.82) is 0 Å². The lowest BCUT2D eigenvalue weighted by Gasteiger charge is -2.14. The number of halogens is 2. The Morgan fingerprint density at radius 1 is 1.53 bits per heavy atom. The number of hydrogen-bond acceptors (Lipinski definition) is 2. The van der Waals surface area contributed by atoms with Gasteiger partial charge in [-0.05, 0) is 52.9 Å². The van der Waals surface area contributed by atoms with E-state index in [-0.39, 0.29) is 0 Å². The van der Waals surface area contributed by atoms with Gasteiger partial charge in [-0.3, -0.25) is 0 Å². The lowest BCUT2D eigenvalue weighted by molar-refractivity contribution is 0.105. The van der Waals surface area contributed by atoms with Crippen LogP contribution in [-0.4, -0.2) is 19.3 Å². The summed E-state index contributed by atoms with van der Waals surface area (Å²) in [4.78, 5) is 0. The summed E-state index contributed by atoms with van der Waals surface area (Å²) in [6, 6.07) is 6.06. The molecule has 2 unspecified atom stereocenters. The Labute approximate surface area is 116 Å². The van der Waals surface area contributed by atoms with E-state index < -0.39 is 0 Å². The van der Waals surface area contributed by atoms with Gasteiger partial charge >= 0.3 is 0 Å². The Morgan fingerprint density at radius 3 is 3.00 bits per heavy atom. The van der Waals surface area contributed by atoms with Gasteiger partial charge in [-0.15, -0.1) is 0 Å². The average Bonchev–Trinajstić information content (AvgIpc) is 2.70. The largest absolute Gasteiger partial charge is 0.378 e. The standard InChI is InChI=1S/C13H17BrClNO/c1-9-11(4-5-17-9)8-16-7-10-2-3-12(14)13(15)6-10/h2-3,6,9,11,16H,4-5,7-8H2,1H3. The molecule has 1 aliphatic heterocycles. The molecule has 0 spiro atoms. The molecule has 1 heterocycles. The third-order valence-electron chi connectivity index (χ3n) is 3.25. The summed E-state index contributed by atoms with van der Waals surface area (Å²) >= 11 is 9.44. The lowest BCUT2D eigenvalue weighted by Crippen LogP contribution is -2.26. The molecule has 0 amide bonds. The van der Waals surface area contributed by atoms with Crippen molar-refractivity contribution < 1.29 is 4.74 Å². The van der Waals surface area contributed by atoms with Crippen LogP contribution >= 0.6 is 27.5 Å². The van der Waals surface area contributed by atoms with Gasteiger partial charge in [0, 0.05) is 24.2 Å². The number of hydrogen-bond donors (Lipinski definition) is 1. The molecule has 2 atom stereocenters. The van der Waals surface area contributed by atoms with E-state index in [4.69, 9.17) is 16.3 Å². The molecule has 0 aliphatic carbocycles. The molecule has 1 aliphatic rings. The maximum Gasteiger partial charge on any atom is 0.0588 e. The molecule has 94 valence electrons. The number of benzene rings is 1. The zero-order chi connectivity index (χ0) is 12.3. The first-order valence-corrected chi connectivity index (χ1v) is 7.10. The maximum atomic E-state index is 6.05. The summed E-state index contributed by atoms with van der Waals surface area (Å²) in [7, 11) is 0. The van der Waals surface area contributed by atoms with E-state index in [0.29, 0.717) is 12.0 Å². The summed E-state index contributed by atoms with van der Waals surface area (Å²) in [5, 5.41) is 4.23. The summed E-state index contributed by atoms with van der Waals surface area (Å²) in [6.45, 7) is 4.92. The molecule has 17 heavy (non-hydrogen) atoms. The van der Waals surface area contributed by atoms with Crippen molar-refractivity contribution in [3.8, 4) is 0 Å². The van der Waals surface area contributed by atoms with Crippen molar-refractivity contribution in [3.05, 3.63) is 33.3 Å². The van der Waals surface area contributed by atoms with Gasteiger partial charge in [0.25, 0.3) is 0 Å². The van der Waals surface area contributed by atoms with E-state index in [1.165, 1.54) is 5.56 Å². The molecular formula is C13H17BrClNO. The Morgan fingerprint density at radius 2 is 2.35 bits per heavy atom. The van der Waals surface area contributed by atoms with Gasteiger partial charge in [-0.25, -0.2) is 0 Å². The van der Waals surface area contributed by atoms with Crippen LogP contribution in [0.15, 0.2) is 22.7 Å². The van der Waals surface area contributed by atoms with Crippen LogP contribution in [0.4, 0.5) is 0 Å². The van der Waals surface area contributed by atoms with Gasteiger partial charge in [-0.2, -0.15) is 0 Å². The van der Waals surface area contributed by atoms with E-state index in [1.807, 2.05) is 12.1 Å². The topological polar surface area (TPSA) is 21.3 Å². The fourth-order valence-corrected chi connectivity index (χ4v) is 2.55. The summed E-state index contributed by atoms with van der Waals surface area (Å²) in [5.74, 6) is 0.640. The first-order chi connectivity index (χ1) is 8.16. The van der Waals surface area contributed by atoms with Crippen LogP contribution in [0, 0.1) is 5.92 Å². The van der Waals surface area contributed by atoms with Crippen molar-refractivity contribution in [2.24, 2.45) is 5.92 Å². The summed E-state index contributed by atoms with van der Waals surface area (Å²) in [6.07, 6.45) is 1.55. The first-order valence-electron chi connectivity index (χ1n) is 5.93. The zero-order valence-corrected chi connectivity index (χ0v) is 12.2. The lowest BCUT2D eigenvalue weighted by atomic mass is 10.0. The van der Waals surface area contributed by atoms with E-state index in [2.05, 4.69) is 34.2 Å². The smallest absolute Gasteiger partial charge is 0.0588 e. The van der Waals surface area contributed by atoms with E-state index in [0.717, 1.165) is 35.6 Å². The molecule has 2 rings (SSSR count). The van der Waals surface area contributed by atoms with Crippen LogP contribution in [0.25, 0.3) is 0 Å². The Hall–Kier alpha value is -0.0900. The van der Waals surface area contributed by atoms with Gasteiger partial charge in [0.15, 0.2) is 0 Å². The first kappa shape index (κ1) is 13.3. The molecule has 0 radical (unpaired) electrons. The molecule has 1 saturated heterocycles. The monoisotopic (exact) mass is 317 g/mol. The molecule has 0 saturated carbocycles. The van der Waals surface area contributed by atoms with Crippen LogP contribution < -0.4 is 5.32 Å². The third-order valence-corrected chi connectivity index (χ3v) is 4.49. The quantitative estimate of drug-likeness (QED) is 0.915. The molecule has 4 heteroatoms. The highest BCUT2D eigenvalue weighted by molar-refractivity contribution is 9.10. The fraction of sp³-hybridized carbons (Fsp3) is 0.538. The average molecular weight is 319 g/mol. The van der Waals surface area contributed by atoms with E-state index in [1.54, 1.807) is 0 Å². The van der Waals surface area contributed by atoms with Crippen LogP contribution in [0.2, 0.25) is 5.02 Å². The second-order valence-corrected chi connectivity index (χ2v) is 5.77.